The molecule has 90 valence electrons. The Labute approximate surface area is 99.2 Å². The van der Waals surface area contributed by atoms with E-state index in [-0.39, 0.29) is 0 Å². The first-order valence-corrected chi connectivity index (χ1v) is 7.48. The lowest BCUT2D eigenvalue weighted by atomic mass is 10.1. The Bertz CT molecular complexity index is 164. The van der Waals surface area contributed by atoms with Gasteiger partial charge in [0.15, 0.2) is 0 Å². The molecule has 1 aliphatic heterocycles. The molecule has 1 N–H and O–H groups in total. The zero-order valence-corrected chi connectivity index (χ0v) is 11.3. The smallest absolute Gasteiger partial charge is 0.0218 e. The zero-order valence-electron chi connectivity index (χ0n) is 10.5. The Kier molecular flexibility index (Phi) is 6.69. The number of thioether (sulfide) groups is 1. The van der Waals surface area contributed by atoms with Crippen LogP contribution < -0.4 is 5.32 Å². The van der Waals surface area contributed by atoms with Crippen LogP contribution in [0.1, 0.15) is 33.6 Å². The van der Waals surface area contributed by atoms with Gasteiger partial charge in [-0.25, -0.2) is 0 Å². The maximum atomic E-state index is 3.57. The number of hydrogen-bond acceptors (Lipinski definition) is 3. The summed E-state index contributed by atoms with van der Waals surface area (Å²) >= 11 is 2.06. The minimum absolute atomic E-state index is 0.673. The molecule has 2 nitrogen and oxygen atoms in total. The van der Waals surface area contributed by atoms with E-state index < -0.39 is 0 Å². The number of rotatable bonds is 6. The molecule has 1 heterocycles. The first-order chi connectivity index (χ1) is 7.27. The Morgan fingerprint density at radius 1 is 1.40 bits per heavy atom. The van der Waals surface area contributed by atoms with Crippen LogP contribution in [0.3, 0.4) is 0 Å². The zero-order chi connectivity index (χ0) is 11.1. The molecule has 1 saturated heterocycles. The highest BCUT2D eigenvalue weighted by atomic mass is 32.2. The van der Waals surface area contributed by atoms with Gasteiger partial charge in [0.2, 0.25) is 0 Å². The number of hydrogen-bond donors (Lipinski definition) is 1. The summed E-state index contributed by atoms with van der Waals surface area (Å²) in [5.41, 5.74) is 0. The Balaban J connectivity index is 2.22. The normalized spacial score (nSPS) is 28.2. The molecule has 0 spiro atoms. The molecule has 1 rings (SSSR count). The molecule has 3 heteroatoms. The lowest BCUT2D eigenvalue weighted by molar-refractivity contribution is 0.132. The SMILES string of the molecule is CCSCCCN1CC(C)NCC1CC. The predicted octanol–water partition coefficient (Wildman–Crippen LogP) is 2.20. The standard InChI is InChI=1S/C12H26N2S/c1-4-12-9-13-11(3)10-14(12)7-6-8-15-5-2/h11-13H,4-10H2,1-3H3. The topological polar surface area (TPSA) is 15.3 Å². The van der Waals surface area contributed by atoms with Crippen LogP contribution >= 0.6 is 11.8 Å². The highest BCUT2D eigenvalue weighted by Crippen LogP contribution is 2.12. The molecule has 1 fully saturated rings. The third-order valence-corrected chi connectivity index (χ3v) is 4.12. The molecule has 0 radical (unpaired) electrons. The van der Waals surface area contributed by atoms with Gasteiger partial charge in [0.05, 0.1) is 0 Å². The summed E-state index contributed by atoms with van der Waals surface area (Å²) in [6.45, 7) is 10.5. The van der Waals surface area contributed by atoms with E-state index in [0.29, 0.717) is 6.04 Å². The average molecular weight is 230 g/mol. The van der Waals surface area contributed by atoms with E-state index in [2.05, 4.69) is 42.7 Å². The van der Waals surface area contributed by atoms with Gasteiger partial charge >= 0.3 is 0 Å². The van der Waals surface area contributed by atoms with Crippen molar-refractivity contribution in [3.05, 3.63) is 0 Å². The quantitative estimate of drug-likeness (QED) is 0.704. The Morgan fingerprint density at radius 2 is 2.20 bits per heavy atom. The second kappa shape index (κ2) is 7.53. The molecule has 0 bridgehead atoms. The maximum Gasteiger partial charge on any atom is 0.0218 e. The second-order valence-corrected chi connectivity index (χ2v) is 5.81. The summed E-state index contributed by atoms with van der Waals surface area (Å²) in [5.74, 6) is 2.58. The van der Waals surface area contributed by atoms with Gasteiger partial charge in [-0.3, -0.25) is 4.90 Å². The number of piperazine rings is 1. The van der Waals surface area contributed by atoms with Crippen molar-refractivity contribution in [3.63, 3.8) is 0 Å². The van der Waals surface area contributed by atoms with E-state index >= 15 is 0 Å². The first-order valence-electron chi connectivity index (χ1n) is 6.33. The van der Waals surface area contributed by atoms with Crippen molar-refractivity contribution in [3.8, 4) is 0 Å². The molecule has 0 aromatic rings. The van der Waals surface area contributed by atoms with Gasteiger partial charge < -0.3 is 5.32 Å². The van der Waals surface area contributed by atoms with Crippen molar-refractivity contribution < 1.29 is 0 Å². The van der Waals surface area contributed by atoms with Crippen LogP contribution in [0.5, 0.6) is 0 Å². The summed E-state index contributed by atoms with van der Waals surface area (Å²) in [7, 11) is 0. The molecule has 0 aliphatic carbocycles. The van der Waals surface area contributed by atoms with Crippen molar-refractivity contribution in [2.45, 2.75) is 45.7 Å². The van der Waals surface area contributed by atoms with E-state index in [1.54, 1.807) is 0 Å². The minimum Gasteiger partial charge on any atom is -0.311 e. The summed E-state index contributed by atoms with van der Waals surface area (Å²) in [4.78, 5) is 2.68. The van der Waals surface area contributed by atoms with Crippen molar-refractivity contribution in [1.82, 2.24) is 10.2 Å². The molecule has 15 heavy (non-hydrogen) atoms. The third-order valence-electron chi connectivity index (χ3n) is 3.14. The summed E-state index contributed by atoms with van der Waals surface area (Å²) in [6.07, 6.45) is 2.63. The fourth-order valence-electron chi connectivity index (χ4n) is 2.22. The molecule has 0 amide bonds. The predicted molar refractivity (Wildman–Crippen MR) is 70.7 cm³/mol. The average Bonchev–Trinajstić information content (AvgIpc) is 2.25. The van der Waals surface area contributed by atoms with E-state index in [1.165, 1.54) is 44.0 Å². The highest BCUT2D eigenvalue weighted by Gasteiger charge is 2.23. The maximum absolute atomic E-state index is 3.57. The number of nitrogens with one attached hydrogen (secondary N) is 1. The molecule has 0 aromatic heterocycles. The molecule has 2 atom stereocenters. The van der Waals surface area contributed by atoms with Crippen molar-refractivity contribution in [2.75, 3.05) is 31.1 Å². The summed E-state index contributed by atoms with van der Waals surface area (Å²) in [5, 5.41) is 3.57. The first kappa shape index (κ1) is 13.3. The van der Waals surface area contributed by atoms with Crippen LogP contribution in [-0.4, -0.2) is 48.1 Å². The molecule has 0 aromatic carbocycles. The van der Waals surface area contributed by atoms with Crippen LogP contribution in [0.15, 0.2) is 0 Å². The van der Waals surface area contributed by atoms with Crippen LogP contribution in [0.2, 0.25) is 0 Å². The van der Waals surface area contributed by atoms with E-state index in [9.17, 15) is 0 Å². The molecule has 2 unspecified atom stereocenters. The molecular formula is C12H26N2S. The van der Waals surface area contributed by atoms with Crippen LogP contribution in [0.25, 0.3) is 0 Å². The van der Waals surface area contributed by atoms with E-state index in [4.69, 9.17) is 0 Å². The van der Waals surface area contributed by atoms with E-state index in [0.717, 1.165) is 6.04 Å². The van der Waals surface area contributed by atoms with Gasteiger partial charge in [-0.05, 0) is 37.8 Å². The lowest BCUT2D eigenvalue weighted by Gasteiger charge is -2.39. The summed E-state index contributed by atoms with van der Waals surface area (Å²) < 4.78 is 0. The Hall–Kier alpha value is 0.270. The van der Waals surface area contributed by atoms with Crippen LogP contribution in [-0.2, 0) is 0 Å². The van der Waals surface area contributed by atoms with Crippen molar-refractivity contribution >= 4 is 11.8 Å². The van der Waals surface area contributed by atoms with Crippen LogP contribution in [0, 0.1) is 0 Å². The van der Waals surface area contributed by atoms with Gasteiger partial charge in [-0.1, -0.05) is 13.8 Å². The van der Waals surface area contributed by atoms with Gasteiger partial charge in [0.1, 0.15) is 0 Å². The largest absolute Gasteiger partial charge is 0.311 e. The fourth-order valence-corrected chi connectivity index (χ4v) is 2.84. The molecular weight excluding hydrogens is 204 g/mol. The monoisotopic (exact) mass is 230 g/mol. The second-order valence-electron chi connectivity index (χ2n) is 4.42. The molecule has 0 saturated carbocycles. The van der Waals surface area contributed by atoms with Crippen molar-refractivity contribution in [2.24, 2.45) is 0 Å². The van der Waals surface area contributed by atoms with E-state index in [1.807, 2.05) is 0 Å². The van der Waals surface area contributed by atoms with Gasteiger partial charge in [0, 0.05) is 25.2 Å². The van der Waals surface area contributed by atoms with Gasteiger partial charge in [0.25, 0.3) is 0 Å². The summed E-state index contributed by atoms with van der Waals surface area (Å²) in [6, 6.07) is 1.44. The third kappa shape index (κ3) is 4.75. The van der Waals surface area contributed by atoms with Gasteiger partial charge in [-0.2, -0.15) is 11.8 Å². The van der Waals surface area contributed by atoms with Crippen molar-refractivity contribution in [1.29, 1.82) is 0 Å². The number of nitrogens with zero attached hydrogens (tertiary/aromatic N) is 1. The fraction of sp³-hybridized carbons (Fsp3) is 1.00. The van der Waals surface area contributed by atoms with Gasteiger partial charge in [-0.15, -0.1) is 0 Å². The minimum atomic E-state index is 0.673. The molecule has 1 aliphatic rings. The van der Waals surface area contributed by atoms with Crippen LogP contribution in [0.4, 0.5) is 0 Å². The Morgan fingerprint density at radius 3 is 2.87 bits per heavy atom. The lowest BCUT2D eigenvalue weighted by Crippen LogP contribution is -2.55. The highest BCUT2D eigenvalue weighted by molar-refractivity contribution is 7.99.